The zero-order chi connectivity index (χ0) is 16.8. The molecule has 1 amide bonds. The van der Waals surface area contributed by atoms with Gasteiger partial charge in [0.15, 0.2) is 0 Å². The van der Waals surface area contributed by atoms with Crippen molar-refractivity contribution in [3.63, 3.8) is 0 Å². The number of hydrogen-bond donors (Lipinski definition) is 1. The fourth-order valence-electron chi connectivity index (χ4n) is 3.65. The molecule has 0 aliphatic carbocycles. The molecule has 3 rings (SSSR count). The summed E-state index contributed by atoms with van der Waals surface area (Å²) in [7, 11) is 1.70. The summed E-state index contributed by atoms with van der Waals surface area (Å²) in [5.41, 5.74) is 1.06. The quantitative estimate of drug-likeness (QED) is 0.901. The predicted molar refractivity (Wildman–Crippen MR) is 96.5 cm³/mol. The normalized spacial score (nSPS) is 20.0. The first-order valence-corrected chi connectivity index (χ1v) is 9.16. The van der Waals surface area contributed by atoms with Gasteiger partial charge in [0.05, 0.1) is 19.3 Å². The molecule has 0 saturated carbocycles. The van der Waals surface area contributed by atoms with Crippen LogP contribution in [-0.4, -0.2) is 61.6 Å². The van der Waals surface area contributed by atoms with Crippen molar-refractivity contribution in [2.75, 3.05) is 45.2 Å². The van der Waals surface area contributed by atoms with Crippen molar-refractivity contribution in [2.45, 2.75) is 38.1 Å². The second-order valence-electron chi connectivity index (χ2n) is 6.84. The van der Waals surface area contributed by atoms with Crippen molar-refractivity contribution in [1.29, 1.82) is 0 Å². The fourth-order valence-corrected chi connectivity index (χ4v) is 3.65. The summed E-state index contributed by atoms with van der Waals surface area (Å²) in [6.07, 6.45) is 5.72. The molecule has 0 spiro atoms. The maximum atomic E-state index is 12.4. The summed E-state index contributed by atoms with van der Waals surface area (Å²) in [6, 6.07) is 8.50. The van der Waals surface area contributed by atoms with E-state index in [1.165, 1.54) is 6.42 Å². The molecule has 0 aromatic heterocycles. The van der Waals surface area contributed by atoms with Crippen LogP contribution in [-0.2, 0) is 4.79 Å². The number of likely N-dealkylation sites (tertiary alicyclic amines) is 2. The number of para-hydroxylation sites is 2. The molecule has 0 radical (unpaired) electrons. The number of rotatable bonds is 5. The van der Waals surface area contributed by atoms with E-state index < -0.39 is 0 Å². The number of anilines is 1. The maximum Gasteiger partial charge on any atom is 0.236 e. The zero-order valence-corrected chi connectivity index (χ0v) is 14.7. The van der Waals surface area contributed by atoms with Gasteiger partial charge in [0, 0.05) is 32.2 Å². The van der Waals surface area contributed by atoms with E-state index in [4.69, 9.17) is 4.74 Å². The Morgan fingerprint density at radius 3 is 2.54 bits per heavy atom. The Kier molecular flexibility index (Phi) is 5.96. The number of benzene rings is 1. The summed E-state index contributed by atoms with van der Waals surface area (Å²) in [5.74, 6) is 1.20. The van der Waals surface area contributed by atoms with Crippen molar-refractivity contribution < 1.29 is 9.53 Å². The molecule has 2 saturated heterocycles. The molecule has 5 nitrogen and oxygen atoms in total. The molecular formula is C19H29N3O2. The fraction of sp³-hybridized carbons (Fsp3) is 0.632. The van der Waals surface area contributed by atoms with Gasteiger partial charge in [-0.3, -0.25) is 9.69 Å². The highest BCUT2D eigenvalue weighted by molar-refractivity contribution is 5.78. The molecule has 0 unspecified atom stereocenters. The summed E-state index contributed by atoms with van der Waals surface area (Å²) in [6.45, 7) is 4.44. The Hall–Kier alpha value is -1.75. The monoisotopic (exact) mass is 331 g/mol. The molecule has 24 heavy (non-hydrogen) atoms. The highest BCUT2D eigenvalue weighted by Crippen LogP contribution is 2.26. The van der Waals surface area contributed by atoms with E-state index in [1.807, 2.05) is 23.1 Å². The summed E-state index contributed by atoms with van der Waals surface area (Å²) in [4.78, 5) is 16.7. The third-order valence-electron chi connectivity index (χ3n) is 5.12. The van der Waals surface area contributed by atoms with E-state index in [2.05, 4.69) is 16.3 Å². The van der Waals surface area contributed by atoms with Gasteiger partial charge in [-0.05, 0) is 44.2 Å². The molecule has 0 bridgehead atoms. The van der Waals surface area contributed by atoms with Gasteiger partial charge in [-0.2, -0.15) is 0 Å². The second-order valence-corrected chi connectivity index (χ2v) is 6.84. The first kappa shape index (κ1) is 17.1. The lowest BCUT2D eigenvalue weighted by molar-refractivity contribution is -0.133. The van der Waals surface area contributed by atoms with Crippen LogP contribution in [0, 0.1) is 0 Å². The lowest BCUT2D eigenvalue weighted by Gasteiger charge is -2.34. The van der Waals surface area contributed by atoms with Crippen LogP contribution in [0.2, 0.25) is 0 Å². The van der Waals surface area contributed by atoms with Gasteiger partial charge in [0.2, 0.25) is 5.91 Å². The average molecular weight is 331 g/mol. The molecule has 1 aromatic rings. The molecule has 1 aromatic carbocycles. The summed E-state index contributed by atoms with van der Waals surface area (Å²) >= 11 is 0. The molecule has 5 heteroatoms. The van der Waals surface area contributed by atoms with Gasteiger partial charge in [-0.15, -0.1) is 0 Å². The second kappa shape index (κ2) is 8.38. The van der Waals surface area contributed by atoms with E-state index in [-0.39, 0.29) is 0 Å². The van der Waals surface area contributed by atoms with Gasteiger partial charge in [-0.1, -0.05) is 12.1 Å². The lowest BCUT2D eigenvalue weighted by atomic mass is 10.0. The van der Waals surface area contributed by atoms with Crippen LogP contribution in [0.3, 0.4) is 0 Å². The molecule has 2 fully saturated rings. The highest BCUT2D eigenvalue weighted by atomic mass is 16.5. The van der Waals surface area contributed by atoms with Gasteiger partial charge in [0.25, 0.3) is 0 Å². The molecule has 2 aliphatic rings. The number of hydrogen-bond acceptors (Lipinski definition) is 4. The van der Waals surface area contributed by atoms with Crippen LogP contribution in [0.4, 0.5) is 5.69 Å². The van der Waals surface area contributed by atoms with Gasteiger partial charge in [0.1, 0.15) is 5.75 Å². The molecule has 2 heterocycles. The van der Waals surface area contributed by atoms with Crippen LogP contribution in [0.25, 0.3) is 0 Å². The molecule has 2 aliphatic heterocycles. The van der Waals surface area contributed by atoms with Crippen LogP contribution < -0.4 is 10.1 Å². The summed E-state index contributed by atoms with van der Waals surface area (Å²) < 4.78 is 5.40. The largest absolute Gasteiger partial charge is 0.495 e. The number of piperidine rings is 2. The number of amides is 1. The third kappa shape index (κ3) is 4.41. The smallest absolute Gasteiger partial charge is 0.236 e. The number of carbonyl (C=O) groups is 1. The Balaban J connectivity index is 1.44. The average Bonchev–Trinajstić information content (AvgIpc) is 2.64. The Morgan fingerprint density at radius 1 is 1.12 bits per heavy atom. The maximum absolute atomic E-state index is 12.4. The summed E-state index contributed by atoms with van der Waals surface area (Å²) in [5, 5.41) is 3.59. The minimum absolute atomic E-state index is 0.311. The van der Waals surface area contributed by atoms with E-state index in [1.54, 1.807) is 7.11 Å². The third-order valence-corrected chi connectivity index (χ3v) is 5.12. The van der Waals surface area contributed by atoms with Crippen LogP contribution in [0.1, 0.15) is 32.1 Å². The SMILES string of the molecule is COc1ccccc1NC1CCN(CC(=O)N2CCCCC2)CC1. The standard InChI is InChI=1S/C19H29N3O2/c1-24-18-8-4-3-7-17(18)20-16-9-13-21(14-10-16)15-19(23)22-11-5-2-6-12-22/h3-4,7-8,16,20H,2,5-6,9-15H2,1H3. The minimum atomic E-state index is 0.311. The first-order chi connectivity index (χ1) is 11.8. The molecule has 0 atom stereocenters. The van der Waals surface area contributed by atoms with Crippen LogP contribution in [0.5, 0.6) is 5.75 Å². The number of methoxy groups -OCH3 is 1. The first-order valence-electron chi connectivity index (χ1n) is 9.16. The van der Waals surface area contributed by atoms with Crippen molar-refractivity contribution in [3.8, 4) is 5.75 Å². The van der Waals surface area contributed by atoms with E-state index in [0.717, 1.165) is 63.3 Å². The molecule has 1 N–H and O–H groups in total. The number of nitrogens with one attached hydrogen (secondary N) is 1. The number of carbonyl (C=O) groups excluding carboxylic acids is 1. The highest BCUT2D eigenvalue weighted by Gasteiger charge is 2.24. The Morgan fingerprint density at radius 2 is 1.83 bits per heavy atom. The Labute approximate surface area is 145 Å². The minimum Gasteiger partial charge on any atom is -0.495 e. The Bertz CT molecular complexity index is 535. The number of nitrogens with zero attached hydrogens (tertiary/aromatic N) is 2. The van der Waals surface area contributed by atoms with Crippen LogP contribution >= 0.6 is 0 Å². The van der Waals surface area contributed by atoms with Crippen molar-refractivity contribution in [3.05, 3.63) is 24.3 Å². The van der Waals surface area contributed by atoms with E-state index in [9.17, 15) is 4.79 Å². The van der Waals surface area contributed by atoms with Gasteiger partial charge < -0.3 is 15.0 Å². The van der Waals surface area contributed by atoms with Crippen molar-refractivity contribution in [1.82, 2.24) is 9.80 Å². The number of ether oxygens (including phenoxy) is 1. The van der Waals surface area contributed by atoms with E-state index >= 15 is 0 Å². The van der Waals surface area contributed by atoms with Crippen molar-refractivity contribution >= 4 is 11.6 Å². The topological polar surface area (TPSA) is 44.8 Å². The lowest BCUT2D eigenvalue weighted by Crippen LogP contribution is -2.46. The van der Waals surface area contributed by atoms with Crippen LogP contribution in [0.15, 0.2) is 24.3 Å². The van der Waals surface area contributed by atoms with Crippen molar-refractivity contribution in [2.24, 2.45) is 0 Å². The van der Waals surface area contributed by atoms with E-state index in [0.29, 0.717) is 18.5 Å². The molecule has 132 valence electrons. The zero-order valence-electron chi connectivity index (χ0n) is 14.7. The van der Waals surface area contributed by atoms with Gasteiger partial charge >= 0.3 is 0 Å². The predicted octanol–water partition coefficient (Wildman–Crippen LogP) is 2.58. The molecular weight excluding hydrogens is 302 g/mol. The van der Waals surface area contributed by atoms with Gasteiger partial charge in [-0.25, -0.2) is 0 Å².